The summed E-state index contributed by atoms with van der Waals surface area (Å²) in [7, 11) is 0. The van der Waals surface area contributed by atoms with Gasteiger partial charge in [-0.2, -0.15) is 0 Å². The highest BCUT2D eigenvalue weighted by atomic mass is 79.9. The predicted molar refractivity (Wildman–Crippen MR) is 117 cm³/mol. The van der Waals surface area contributed by atoms with Gasteiger partial charge in [-0.15, -0.1) is 0 Å². The Kier molecular flexibility index (Phi) is 8.78. The highest BCUT2D eigenvalue weighted by molar-refractivity contribution is 9.11. The molecule has 0 aliphatic rings. The topological polar surface area (TPSA) is 76.7 Å². The first-order chi connectivity index (χ1) is 13.3. The van der Waals surface area contributed by atoms with Gasteiger partial charge in [-0.05, 0) is 58.2 Å². The molecule has 0 radical (unpaired) electrons. The zero-order valence-electron chi connectivity index (χ0n) is 15.2. The van der Waals surface area contributed by atoms with Crippen molar-refractivity contribution in [3.05, 3.63) is 55.4 Å². The van der Waals surface area contributed by atoms with E-state index >= 15 is 0 Å². The number of hydrogen-bond acceptors (Lipinski definition) is 4. The third kappa shape index (κ3) is 7.10. The van der Waals surface area contributed by atoms with Crippen molar-refractivity contribution < 1.29 is 19.1 Å². The van der Waals surface area contributed by atoms with Gasteiger partial charge in [0, 0.05) is 8.95 Å². The van der Waals surface area contributed by atoms with E-state index in [0.717, 1.165) is 8.95 Å². The number of benzene rings is 2. The number of rotatable bonds is 7. The first-order valence-electron chi connectivity index (χ1n) is 8.35. The van der Waals surface area contributed by atoms with Gasteiger partial charge in [0.2, 0.25) is 0 Å². The van der Waals surface area contributed by atoms with Gasteiger partial charge >= 0.3 is 0 Å². The Hall–Kier alpha value is -1.58. The first-order valence-corrected chi connectivity index (χ1v) is 10.7. The van der Waals surface area contributed by atoms with E-state index in [2.05, 4.69) is 58.6 Å². The zero-order valence-corrected chi connectivity index (χ0v) is 20.0. The van der Waals surface area contributed by atoms with E-state index in [-0.39, 0.29) is 6.61 Å². The highest BCUT2D eigenvalue weighted by Crippen LogP contribution is 2.28. The second kappa shape index (κ2) is 10.8. The van der Waals surface area contributed by atoms with Crippen LogP contribution in [0.25, 0.3) is 0 Å². The van der Waals surface area contributed by atoms with Crippen LogP contribution in [0.2, 0.25) is 0 Å². The Balaban J connectivity index is 1.92. The maximum atomic E-state index is 12.5. The molecule has 0 spiro atoms. The standard InChI is InChI=1S/C19H19Br3N2O4/c1-11(2)9-27-16-5-3-12(20)7-14(16)19(26)24-23-18(25)10-28-17-6-4-13(21)8-15(17)22/h3-8,11H,9-10H2,1-2H3,(H,23,25)(H,24,26). The fraction of sp³-hybridized carbons (Fsp3) is 0.263. The van der Waals surface area contributed by atoms with Gasteiger partial charge in [0.1, 0.15) is 11.5 Å². The molecule has 150 valence electrons. The maximum Gasteiger partial charge on any atom is 0.276 e. The van der Waals surface area contributed by atoms with Crippen LogP contribution in [0.4, 0.5) is 0 Å². The Morgan fingerprint density at radius 2 is 1.57 bits per heavy atom. The molecule has 2 aromatic rings. The van der Waals surface area contributed by atoms with Gasteiger partial charge in [0.15, 0.2) is 6.61 Å². The van der Waals surface area contributed by atoms with E-state index in [0.29, 0.717) is 34.1 Å². The van der Waals surface area contributed by atoms with E-state index in [1.165, 1.54) is 0 Å². The van der Waals surface area contributed by atoms with Crippen molar-refractivity contribution in [2.24, 2.45) is 5.92 Å². The normalized spacial score (nSPS) is 10.5. The number of hydrogen-bond donors (Lipinski definition) is 2. The second-order valence-electron chi connectivity index (χ2n) is 6.21. The fourth-order valence-electron chi connectivity index (χ4n) is 2.03. The Morgan fingerprint density at radius 1 is 0.929 bits per heavy atom. The molecule has 0 unspecified atom stereocenters. The van der Waals surface area contributed by atoms with Gasteiger partial charge in [-0.3, -0.25) is 20.4 Å². The summed E-state index contributed by atoms with van der Waals surface area (Å²) in [5.41, 5.74) is 5.02. The summed E-state index contributed by atoms with van der Waals surface area (Å²) in [4.78, 5) is 24.4. The molecule has 9 heteroatoms. The van der Waals surface area contributed by atoms with Crippen molar-refractivity contribution in [3.63, 3.8) is 0 Å². The van der Waals surface area contributed by atoms with E-state index in [4.69, 9.17) is 9.47 Å². The van der Waals surface area contributed by atoms with Gasteiger partial charge in [0.25, 0.3) is 11.8 Å². The lowest BCUT2D eigenvalue weighted by atomic mass is 10.2. The molecule has 2 amide bonds. The smallest absolute Gasteiger partial charge is 0.276 e. The fourth-order valence-corrected chi connectivity index (χ4v) is 3.55. The lowest BCUT2D eigenvalue weighted by Crippen LogP contribution is -2.44. The average Bonchev–Trinajstić information content (AvgIpc) is 2.64. The van der Waals surface area contributed by atoms with E-state index < -0.39 is 11.8 Å². The number of carbonyl (C=O) groups excluding carboxylic acids is 2. The predicted octanol–water partition coefficient (Wildman–Crippen LogP) is 4.85. The molecule has 0 atom stereocenters. The summed E-state index contributed by atoms with van der Waals surface area (Å²) in [5.74, 6) is 0.287. The number of carbonyl (C=O) groups is 2. The quantitative estimate of drug-likeness (QED) is 0.461. The van der Waals surface area contributed by atoms with Crippen molar-refractivity contribution in [2.45, 2.75) is 13.8 Å². The third-order valence-corrected chi connectivity index (χ3v) is 4.93. The summed E-state index contributed by atoms with van der Waals surface area (Å²) in [5, 5.41) is 0. The Bertz CT molecular complexity index is 859. The number of hydrazine groups is 1. The number of ether oxygens (including phenoxy) is 2. The molecule has 6 nitrogen and oxygen atoms in total. The SMILES string of the molecule is CC(C)COc1ccc(Br)cc1C(=O)NNC(=O)COc1ccc(Br)cc1Br. The van der Waals surface area contributed by atoms with Crippen molar-refractivity contribution in [1.29, 1.82) is 0 Å². The highest BCUT2D eigenvalue weighted by Gasteiger charge is 2.15. The van der Waals surface area contributed by atoms with Crippen LogP contribution in [0.5, 0.6) is 11.5 Å². The number of amides is 2. The molecule has 0 fully saturated rings. The molecule has 0 heterocycles. The molecule has 2 N–H and O–H groups in total. The van der Waals surface area contributed by atoms with Gasteiger partial charge < -0.3 is 9.47 Å². The summed E-state index contributed by atoms with van der Waals surface area (Å²) in [6.07, 6.45) is 0. The monoisotopic (exact) mass is 576 g/mol. The average molecular weight is 579 g/mol. The largest absolute Gasteiger partial charge is 0.492 e. The second-order valence-corrected chi connectivity index (χ2v) is 8.90. The first kappa shape index (κ1) is 22.7. The van der Waals surface area contributed by atoms with Crippen molar-refractivity contribution in [2.75, 3.05) is 13.2 Å². The van der Waals surface area contributed by atoms with Crippen LogP contribution in [-0.4, -0.2) is 25.0 Å². The summed E-state index contributed by atoms with van der Waals surface area (Å²) < 4.78 is 13.4. The minimum Gasteiger partial charge on any atom is -0.492 e. The molecule has 0 aliphatic carbocycles. The minimum absolute atomic E-state index is 0.254. The van der Waals surface area contributed by atoms with Crippen LogP contribution in [0, 0.1) is 5.92 Å². The van der Waals surface area contributed by atoms with Crippen LogP contribution in [0.1, 0.15) is 24.2 Å². The molecule has 0 aliphatic heterocycles. The molecule has 2 aromatic carbocycles. The molecule has 2 rings (SSSR count). The zero-order chi connectivity index (χ0) is 20.7. The minimum atomic E-state index is -0.497. The van der Waals surface area contributed by atoms with Crippen LogP contribution >= 0.6 is 47.8 Å². The van der Waals surface area contributed by atoms with Crippen molar-refractivity contribution in [1.82, 2.24) is 10.9 Å². The van der Waals surface area contributed by atoms with Crippen LogP contribution in [0.15, 0.2) is 49.8 Å². The lowest BCUT2D eigenvalue weighted by molar-refractivity contribution is -0.123. The van der Waals surface area contributed by atoms with Crippen molar-refractivity contribution >= 4 is 59.6 Å². The summed E-state index contributed by atoms with van der Waals surface area (Å²) in [6.45, 7) is 4.26. The van der Waals surface area contributed by atoms with Crippen LogP contribution in [0.3, 0.4) is 0 Å². The van der Waals surface area contributed by atoms with Crippen molar-refractivity contribution in [3.8, 4) is 11.5 Å². The number of nitrogens with one attached hydrogen (secondary N) is 2. The Labute approximate surface area is 188 Å². The molecular formula is C19H19Br3N2O4. The molecule has 0 bridgehead atoms. The molecule has 0 aromatic heterocycles. The van der Waals surface area contributed by atoms with Crippen LogP contribution in [-0.2, 0) is 4.79 Å². The Morgan fingerprint density at radius 3 is 2.21 bits per heavy atom. The number of halogens is 3. The van der Waals surface area contributed by atoms with Gasteiger partial charge in [-0.1, -0.05) is 45.7 Å². The third-order valence-electron chi connectivity index (χ3n) is 3.33. The van der Waals surface area contributed by atoms with Gasteiger partial charge in [0.05, 0.1) is 16.6 Å². The van der Waals surface area contributed by atoms with E-state index in [9.17, 15) is 9.59 Å². The van der Waals surface area contributed by atoms with E-state index in [1.807, 2.05) is 13.8 Å². The van der Waals surface area contributed by atoms with Crippen LogP contribution < -0.4 is 20.3 Å². The summed E-state index contributed by atoms with van der Waals surface area (Å²) in [6, 6.07) is 10.4. The maximum absolute atomic E-state index is 12.5. The van der Waals surface area contributed by atoms with E-state index in [1.54, 1.807) is 36.4 Å². The molecular weight excluding hydrogens is 560 g/mol. The van der Waals surface area contributed by atoms with Gasteiger partial charge in [-0.25, -0.2) is 0 Å². The summed E-state index contributed by atoms with van der Waals surface area (Å²) >= 11 is 10.0. The molecule has 0 saturated heterocycles. The lowest BCUT2D eigenvalue weighted by Gasteiger charge is -2.14. The molecule has 28 heavy (non-hydrogen) atoms. The molecule has 0 saturated carbocycles.